The highest BCUT2D eigenvalue weighted by Crippen LogP contribution is 2.06. The van der Waals surface area contributed by atoms with Crippen LogP contribution in [0.25, 0.3) is 0 Å². The minimum atomic E-state index is -0.891. The molecule has 1 aromatic rings. The van der Waals surface area contributed by atoms with Crippen LogP contribution in [0.1, 0.15) is 5.56 Å². The zero-order valence-electron chi connectivity index (χ0n) is 6.21. The predicted octanol–water partition coefficient (Wildman–Crippen LogP) is 1.70. The summed E-state index contributed by atoms with van der Waals surface area (Å²) in [6, 6.07) is 6.17. The molecule has 0 bridgehead atoms. The van der Waals surface area contributed by atoms with E-state index in [2.05, 4.69) is 0 Å². The van der Waals surface area contributed by atoms with E-state index >= 15 is 0 Å². The van der Waals surface area contributed by atoms with Gasteiger partial charge < -0.3 is 4.55 Å². The largest absolute Gasteiger partial charge is 0.616 e. The minimum Gasteiger partial charge on any atom is -0.616 e. The van der Waals surface area contributed by atoms with E-state index in [0.29, 0.717) is 5.75 Å². The summed E-state index contributed by atoms with van der Waals surface area (Å²) < 4.78 is 23.2. The highest BCUT2D eigenvalue weighted by molar-refractivity contribution is 7.89. The molecule has 1 nitrogen and oxygen atoms in total. The lowest BCUT2D eigenvalue weighted by Crippen LogP contribution is -2.00. The fourth-order valence-corrected chi connectivity index (χ4v) is 1.51. The van der Waals surface area contributed by atoms with E-state index < -0.39 is 11.2 Å². The third-order valence-corrected chi connectivity index (χ3v) is 2.00. The van der Waals surface area contributed by atoms with Crippen molar-refractivity contribution >= 4 is 11.2 Å². The minimum absolute atomic E-state index is 0.270. The lowest BCUT2D eigenvalue weighted by Gasteiger charge is -2.03. The summed E-state index contributed by atoms with van der Waals surface area (Å²) in [4.78, 5) is 0. The maximum Gasteiger partial charge on any atom is 0.130 e. The maximum atomic E-state index is 12.5. The summed E-state index contributed by atoms with van der Waals surface area (Å²) in [5, 5.41) is 0. The fraction of sp³-hybridized carbons (Fsp3) is 0.250. The second-order valence-electron chi connectivity index (χ2n) is 2.35. The summed E-state index contributed by atoms with van der Waals surface area (Å²) in [6.45, 7) is 0. The Hall–Kier alpha value is -0.540. The van der Waals surface area contributed by atoms with Gasteiger partial charge in [0, 0.05) is 5.56 Å². The first-order valence-corrected chi connectivity index (χ1v) is 4.95. The van der Waals surface area contributed by atoms with E-state index in [-0.39, 0.29) is 5.82 Å². The van der Waals surface area contributed by atoms with Crippen molar-refractivity contribution in [2.45, 2.75) is 5.75 Å². The van der Waals surface area contributed by atoms with Crippen LogP contribution in [0.15, 0.2) is 24.3 Å². The summed E-state index contributed by atoms with van der Waals surface area (Å²) >= 11 is -0.891. The lowest BCUT2D eigenvalue weighted by molar-refractivity contribution is 0.599. The van der Waals surface area contributed by atoms with Gasteiger partial charge in [0.1, 0.15) is 11.6 Å². The van der Waals surface area contributed by atoms with Crippen LogP contribution in [0.5, 0.6) is 0 Å². The van der Waals surface area contributed by atoms with Crippen molar-refractivity contribution in [3.8, 4) is 0 Å². The molecule has 0 aromatic heterocycles. The van der Waals surface area contributed by atoms with E-state index in [1.165, 1.54) is 12.1 Å². The van der Waals surface area contributed by atoms with Crippen LogP contribution < -0.4 is 0 Å². The van der Waals surface area contributed by atoms with Crippen molar-refractivity contribution in [3.05, 3.63) is 35.6 Å². The quantitative estimate of drug-likeness (QED) is 0.623. The van der Waals surface area contributed by atoms with Gasteiger partial charge in [-0.15, -0.1) is 0 Å². The average molecular weight is 172 g/mol. The van der Waals surface area contributed by atoms with Crippen molar-refractivity contribution in [1.29, 1.82) is 0 Å². The third kappa shape index (κ3) is 2.91. The topological polar surface area (TPSA) is 23.1 Å². The molecule has 11 heavy (non-hydrogen) atoms. The van der Waals surface area contributed by atoms with Gasteiger partial charge in [0.2, 0.25) is 0 Å². The second kappa shape index (κ2) is 3.74. The molecule has 0 fully saturated rings. The van der Waals surface area contributed by atoms with Crippen LogP contribution >= 0.6 is 0 Å². The van der Waals surface area contributed by atoms with E-state index in [4.69, 9.17) is 0 Å². The van der Waals surface area contributed by atoms with E-state index in [1.54, 1.807) is 18.4 Å². The molecule has 0 heterocycles. The molecular weight excluding hydrogens is 163 g/mol. The fourth-order valence-electron chi connectivity index (χ4n) is 0.861. The van der Waals surface area contributed by atoms with Crippen LogP contribution in [-0.2, 0) is 16.9 Å². The van der Waals surface area contributed by atoms with Crippen molar-refractivity contribution < 1.29 is 8.94 Å². The van der Waals surface area contributed by atoms with Crippen molar-refractivity contribution in [2.24, 2.45) is 0 Å². The van der Waals surface area contributed by atoms with Gasteiger partial charge in [0.15, 0.2) is 0 Å². The normalized spacial score (nSPS) is 13.0. The van der Waals surface area contributed by atoms with Crippen LogP contribution in [0.4, 0.5) is 4.39 Å². The molecule has 0 aliphatic carbocycles. The molecular formula is C8H9FOS. The summed E-state index contributed by atoms with van der Waals surface area (Å²) in [5.41, 5.74) is 0.783. The Balaban J connectivity index is 2.71. The zero-order valence-corrected chi connectivity index (χ0v) is 7.03. The molecule has 0 spiro atoms. The van der Waals surface area contributed by atoms with Gasteiger partial charge in [-0.05, 0) is 12.1 Å². The standard InChI is InChI=1S/C8H9FOS/c1-11(10)6-7-3-2-4-8(9)5-7/h2-5H,6H2,1H3. The summed E-state index contributed by atoms with van der Waals surface area (Å²) in [6.07, 6.45) is 1.60. The lowest BCUT2D eigenvalue weighted by atomic mass is 10.2. The molecule has 1 atom stereocenters. The predicted molar refractivity (Wildman–Crippen MR) is 44.2 cm³/mol. The Kier molecular flexibility index (Phi) is 2.91. The number of halogens is 1. The Morgan fingerprint density at radius 3 is 2.82 bits per heavy atom. The molecule has 0 saturated carbocycles. The molecule has 0 amide bonds. The SMILES string of the molecule is C[S+]([O-])Cc1cccc(F)c1. The third-order valence-electron chi connectivity index (χ3n) is 1.26. The van der Waals surface area contributed by atoms with Crippen LogP contribution in [0.2, 0.25) is 0 Å². The summed E-state index contributed by atoms with van der Waals surface area (Å²) in [5.74, 6) is 0.158. The first-order chi connectivity index (χ1) is 5.18. The van der Waals surface area contributed by atoms with Crippen molar-refractivity contribution in [3.63, 3.8) is 0 Å². The Morgan fingerprint density at radius 1 is 1.55 bits per heavy atom. The van der Waals surface area contributed by atoms with Gasteiger partial charge in [-0.2, -0.15) is 0 Å². The number of rotatable bonds is 2. The number of benzene rings is 1. The summed E-state index contributed by atoms with van der Waals surface area (Å²) in [7, 11) is 0. The second-order valence-corrected chi connectivity index (χ2v) is 3.78. The van der Waals surface area contributed by atoms with Crippen molar-refractivity contribution in [2.75, 3.05) is 6.26 Å². The Bertz CT molecular complexity index is 237. The monoisotopic (exact) mass is 172 g/mol. The van der Waals surface area contributed by atoms with Crippen LogP contribution in [0.3, 0.4) is 0 Å². The average Bonchev–Trinajstić information content (AvgIpc) is 1.85. The molecule has 1 aromatic carbocycles. The van der Waals surface area contributed by atoms with E-state index in [9.17, 15) is 8.94 Å². The molecule has 1 rings (SSSR count). The Morgan fingerprint density at radius 2 is 2.27 bits per heavy atom. The van der Waals surface area contributed by atoms with Crippen LogP contribution in [0, 0.1) is 5.82 Å². The highest BCUT2D eigenvalue weighted by atomic mass is 32.2. The van der Waals surface area contributed by atoms with Gasteiger partial charge in [0.25, 0.3) is 0 Å². The zero-order chi connectivity index (χ0) is 8.27. The number of hydrogen-bond donors (Lipinski definition) is 0. The molecule has 0 aliphatic rings. The van der Waals surface area contributed by atoms with Crippen LogP contribution in [-0.4, -0.2) is 10.8 Å². The molecule has 0 aliphatic heterocycles. The molecule has 1 unspecified atom stereocenters. The van der Waals surface area contributed by atoms with Gasteiger partial charge in [-0.25, -0.2) is 4.39 Å². The first kappa shape index (κ1) is 8.56. The van der Waals surface area contributed by atoms with Gasteiger partial charge in [0.05, 0.1) is 6.26 Å². The first-order valence-electron chi connectivity index (χ1n) is 3.23. The highest BCUT2D eigenvalue weighted by Gasteiger charge is 2.00. The molecule has 3 heteroatoms. The van der Waals surface area contributed by atoms with E-state index in [0.717, 1.165) is 5.56 Å². The smallest absolute Gasteiger partial charge is 0.130 e. The maximum absolute atomic E-state index is 12.5. The van der Waals surface area contributed by atoms with E-state index in [1.807, 2.05) is 0 Å². The number of hydrogen-bond acceptors (Lipinski definition) is 1. The molecule has 0 saturated heterocycles. The molecule has 0 N–H and O–H groups in total. The molecule has 0 radical (unpaired) electrons. The van der Waals surface area contributed by atoms with Gasteiger partial charge in [-0.1, -0.05) is 23.3 Å². The van der Waals surface area contributed by atoms with Gasteiger partial charge in [-0.3, -0.25) is 0 Å². The van der Waals surface area contributed by atoms with Crippen molar-refractivity contribution in [1.82, 2.24) is 0 Å². The molecule has 60 valence electrons. The van der Waals surface area contributed by atoms with Gasteiger partial charge >= 0.3 is 0 Å². The Labute approximate surface area is 68.4 Å².